The highest BCUT2D eigenvalue weighted by Crippen LogP contribution is 2.29. The van der Waals surface area contributed by atoms with Crippen molar-refractivity contribution in [2.45, 2.75) is 0 Å². The number of anilines is 2. The molecule has 0 fully saturated rings. The Morgan fingerprint density at radius 1 is 1.15 bits per heavy atom. The van der Waals surface area contributed by atoms with Crippen LogP contribution in [-0.2, 0) is 0 Å². The van der Waals surface area contributed by atoms with Gasteiger partial charge in [-0.3, -0.25) is 4.79 Å². The number of rotatable bonds is 4. The van der Waals surface area contributed by atoms with Crippen LogP contribution in [0, 0.1) is 0 Å². The molecule has 2 aromatic rings. The van der Waals surface area contributed by atoms with Crippen molar-refractivity contribution in [2.75, 3.05) is 24.7 Å². The van der Waals surface area contributed by atoms with Crippen LogP contribution in [0.3, 0.4) is 0 Å². The normalized spacial score (nSPS) is 10.1. The summed E-state index contributed by atoms with van der Waals surface area (Å²) in [4.78, 5) is 13.0. The number of hydrogen-bond acceptors (Lipinski definition) is 4. The van der Waals surface area contributed by atoms with Gasteiger partial charge in [0.15, 0.2) is 0 Å². The Morgan fingerprint density at radius 2 is 1.90 bits per heavy atom. The van der Waals surface area contributed by atoms with Gasteiger partial charge in [-0.1, -0.05) is 6.07 Å². The summed E-state index contributed by atoms with van der Waals surface area (Å²) in [6, 6.07) is 12.4. The van der Waals surface area contributed by atoms with Gasteiger partial charge in [0.2, 0.25) is 5.91 Å². The monoisotopic (exact) mass is 271 g/mol. The highest BCUT2D eigenvalue weighted by atomic mass is 16.5. The molecule has 5 nitrogen and oxygen atoms in total. The first-order valence-corrected chi connectivity index (χ1v) is 6.12. The van der Waals surface area contributed by atoms with E-state index in [0.717, 1.165) is 5.69 Å². The number of nitrogens with two attached hydrogens (primary N) is 2. The highest BCUT2D eigenvalue weighted by molar-refractivity contribution is 5.94. The lowest BCUT2D eigenvalue weighted by Gasteiger charge is -2.14. The molecule has 0 aliphatic carbocycles. The number of carbonyl (C=O) groups excluding carboxylic acids is 1. The minimum Gasteiger partial charge on any atom is -0.455 e. The minimum atomic E-state index is -0.516. The summed E-state index contributed by atoms with van der Waals surface area (Å²) in [5.41, 5.74) is 12.8. The second-order valence-corrected chi connectivity index (χ2v) is 4.61. The zero-order valence-electron chi connectivity index (χ0n) is 11.5. The Bertz CT molecular complexity index is 639. The number of carbonyl (C=O) groups is 1. The first-order chi connectivity index (χ1) is 9.47. The molecular formula is C15H17N3O2. The van der Waals surface area contributed by atoms with E-state index >= 15 is 0 Å². The lowest BCUT2D eigenvalue weighted by atomic mass is 10.2. The van der Waals surface area contributed by atoms with Crippen LogP contribution in [-0.4, -0.2) is 20.0 Å². The van der Waals surface area contributed by atoms with Crippen LogP contribution in [0.2, 0.25) is 0 Å². The van der Waals surface area contributed by atoms with Crippen LogP contribution in [0.25, 0.3) is 0 Å². The van der Waals surface area contributed by atoms with Crippen molar-refractivity contribution in [1.82, 2.24) is 0 Å². The Hall–Kier alpha value is -2.69. The molecule has 0 aromatic heterocycles. The van der Waals surface area contributed by atoms with E-state index < -0.39 is 5.91 Å². The van der Waals surface area contributed by atoms with E-state index in [0.29, 0.717) is 22.7 Å². The SMILES string of the molecule is CN(C)c1cccc(Oc2ccc(C(N)=O)cc2N)c1. The summed E-state index contributed by atoms with van der Waals surface area (Å²) in [5, 5.41) is 0. The molecule has 2 aromatic carbocycles. The molecule has 0 saturated heterocycles. The van der Waals surface area contributed by atoms with Gasteiger partial charge < -0.3 is 21.1 Å². The number of amides is 1. The predicted molar refractivity (Wildman–Crippen MR) is 80.2 cm³/mol. The maximum Gasteiger partial charge on any atom is 0.248 e. The summed E-state index contributed by atoms with van der Waals surface area (Å²) in [5.74, 6) is 0.651. The van der Waals surface area contributed by atoms with Gasteiger partial charge in [-0.05, 0) is 30.3 Å². The van der Waals surface area contributed by atoms with E-state index in [4.69, 9.17) is 16.2 Å². The van der Waals surface area contributed by atoms with Crippen molar-refractivity contribution in [3.05, 3.63) is 48.0 Å². The third-order valence-electron chi connectivity index (χ3n) is 2.86. The summed E-state index contributed by atoms with van der Waals surface area (Å²) in [6.07, 6.45) is 0. The fourth-order valence-electron chi connectivity index (χ4n) is 1.75. The maximum atomic E-state index is 11.1. The summed E-state index contributed by atoms with van der Waals surface area (Å²) >= 11 is 0. The topological polar surface area (TPSA) is 81.6 Å². The average molecular weight is 271 g/mol. The van der Waals surface area contributed by atoms with E-state index in [1.807, 2.05) is 43.3 Å². The number of nitrogen functional groups attached to an aromatic ring is 1. The van der Waals surface area contributed by atoms with Crippen LogP contribution in [0.1, 0.15) is 10.4 Å². The van der Waals surface area contributed by atoms with Crippen LogP contribution in [0.5, 0.6) is 11.5 Å². The van der Waals surface area contributed by atoms with Crippen molar-refractivity contribution in [1.29, 1.82) is 0 Å². The molecule has 0 unspecified atom stereocenters. The molecule has 0 atom stereocenters. The van der Waals surface area contributed by atoms with Crippen molar-refractivity contribution in [3.63, 3.8) is 0 Å². The molecule has 0 aliphatic heterocycles. The lowest BCUT2D eigenvalue weighted by Crippen LogP contribution is -2.11. The maximum absolute atomic E-state index is 11.1. The van der Waals surface area contributed by atoms with E-state index in [1.165, 1.54) is 6.07 Å². The zero-order chi connectivity index (χ0) is 14.7. The van der Waals surface area contributed by atoms with Gasteiger partial charge in [0, 0.05) is 31.4 Å². The third kappa shape index (κ3) is 3.00. The Labute approximate surface area is 117 Å². The quantitative estimate of drug-likeness (QED) is 0.835. The summed E-state index contributed by atoms with van der Waals surface area (Å²) < 4.78 is 5.73. The van der Waals surface area contributed by atoms with Gasteiger partial charge in [0.05, 0.1) is 5.69 Å². The molecule has 0 spiro atoms. The zero-order valence-corrected chi connectivity index (χ0v) is 11.5. The van der Waals surface area contributed by atoms with E-state index in [9.17, 15) is 4.79 Å². The standard InChI is InChI=1S/C15H17N3O2/c1-18(2)11-4-3-5-12(9-11)20-14-7-6-10(15(17)19)8-13(14)16/h3-9H,16H2,1-2H3,(H2,17,19). The van der Waals surface area contributed by atoms with Gasteiger partial charge >= 0.3 is 0 Å². The fourth-order valence-corrected chi connectivity index (χ4v) is 1.75. The van der Waals surface area contributed by atoms with Crippen LogP contribution < -0.4 is 21.1 Å². The Morgan fingerprint density at radius 3 is 2.50 bits per heavy atom. The smallest absolute Gasteiger partial charge is 0.248 e. The second kappa shape index (κ2) is 5.52. The number of primary amides is 1. The van der Waals surface area contributed by atoms with Gasteiger partial charge in [0.1, 0.15) is 11.5 Å². The van der Waals surface area contributed by atoms with Gasteiger partial charge in [-0.15, -0.1) is 0 Å². The molecule has 0 aliphatic rings. The third-order valence-corrected chi connectivity index (χ3v) is 2.86. The van der Waals surface area contributed by atoms with E-state index in [-0.39, 0.29) is 0 Å². The van der Waals surface area contributed by atoms with E-state index in [2.05, 4.69) is 0 Å². The highest BCUT2D eigenvalue weighted by Gasteiger charge is 2.07. The molecule has 104 valence electrons. The number of hydrogen-bond donors (Lipinski definition) is 2. The second-order valence-electron chi connectivity index (χ2n) is 4.61. The first kappa shape index (κ1) is 13.7. The molecule has 1 amide bonds. The van der Waals surface area contributed by atoms with Gasteiger partial charge in [-0.25, -0.2) is 0 Å². The molecular weight excluding hydrogens is 254 g/mol. The van der Waals surface area contributed by atoms with Gasteiger partial charge in [0.25, 0.3) is 0 Å². The van der Waals surface area contributed by atoms with Crippen LogP contribution in [0.15, 0.2) is 42.5 Å². The lowest BCUT2D eigenvalue weighted by molar-refractivity contribution is 0.100. The predicted octanol–water partition coefficient (Wildman–Crippen LogP) is 2.23. The van der Waals surface area contributed by atoms with E-state index in [1.54, 1.807) is 12.1 Å². The Kier molecular flexibility index (Phi) is 3.79. The molecule has 0 bridgehead atoms. The summed E-state index contributed by atoms with van der Waals surface area (Å²) in [7, 11) is 3.91. The number of ether oxygens (including phenoxy) is 1. The molecule has 0 saturated carbocycles. The minimum absolute atomic E-state index is 0.358. The first-order valence-electron chi connectivity index (χ1n) is 6.12. The number of nitrogens with zero attached hydrogens (tertiary/aromatic N) is 1. The van der Waals surface area contributed by atoms with Crippen molar-refractivity contribution >= 4 is 17.3 Å². The van der Waals surface area contributed by atoms with Gasteiger partial charge in [-0.2, -0.15) is 0 Å². The molecule has 20 heavy (non-hydrogen) atoms. The number of benzene rings is 2. The molecule has 2 rings (SSSR count). The largest absolute Gasteiger partial charge is 0.455 e. The molecule has 0 heterocycles. The molecule has 4 N–H and O–H groups in total. The average Bonchev–Trinajstić information content (AvgIpc) is 2.41. The van der Waals surface area contributed by atoms with Crippen LogP contribution >= 0.6 is 0 Å². The van der Waals surface area contributed by atoms with Crippen LogP contribution in [0.4, 0.5) is 11.4 Å². The fraction of sp³-hybridized carbons (Fsp3) is 0.133. The Balaban J connectivity index is 2.26. The van der Waals surface area contributed by atoms with Crippen molar-refractivity contribution in [2.24, 2.45) is 5.73 Å². The summed E-state index contributed by atoms with van der Waals surface area (Å²) in [6.45, 7) is 0. The van der Waals surface area contributed by atoms with Crippen molar-refractivity contribution in [3.8, 4) is 11.5 Å². The molecule has 5 heteroatoms. The molecule has 0 radical (unpaired) electrons. The van der Waals surface area contributed by atoms with Crippen molar-refractivity contribution < 1.29 is 9.53 Å².